The van der Waals surface area contributed by atoms with Gasteiger partial charge in [-0.05, 0) is 46.5 Å². The molecule has 1 amide bonds. The quantitative estimate of drug-likeness (QED) is 0.740. The Kier molecular flexibility index (Phi) is 5.88. The van der Waals surface area contributed by atoms with Crippen LogP contribution in [0.2, 0.25) is 0 Å². The molecule has 2 fully saturated rings. The van der Waals surface area contributed by atoms with E-state index >= 15 is 0 Å². The van der Waals surface area contributed by atoms with E-state index in [-0.39, 0.29) is 12.1 Å². The van der Waals surface area contributed by atoms with Crippen molar-refractivity contribution in [3.05, 3.63) is 0 Å². The molecular weight excluding hydrogens is 268 g/mol. The lowest BCUT2D eigenvalue weighted by molar-refractivity contribution is 0.0442. The van der Waals surface area contributed by atoms with E-state index in [1.807, 2.05) is 20.8 Å². The summed E-state index contributed by atoms with van der Waals surface area (Å²) in [5.74, 6) is 0. The van der Waals surface area contributed by atoms with Crippen LogP contribution in [0.4, 0.5) is 4.79 Å². The minimum absolute atomic E-state index is 0.244. The first-order chi connectivity index (χ1) is 9.92. The Bertz CT molecular complexity index is 329. The van der Waals surface area contributed by atoms with Gasteiger partial charge in [-0.1, -0.05) is 12.8 Å². The number of amides is 1. The Morgan fingerprint density at radius 2 is 1.81 bits per heavy atom. The van der Waals surface area contributed by atoms with Crippen LogP contribution in [0.3, 0.4) is 0 Å². The Morgan fingerprint density at radius 3 is 2.43 bits per heavy atom. The van der Waals surface area contributed by atoms with E-state index in [1.54, 1.807) is 0 Å². The summed E-state index contributed by atoms with van der Waals surface area (Å²) in [6.45, 7) is 7.33. The number of rotatable bonds is 6. The second-order valence-corrected chi connectivity index (χ2v) is 7.24. The van der Waals surface area contributed by atoms with Gasteiger partial charge in [-0.2, -0.15) is 0 Å². The third-order valence-electron chi connectivity index (χ3n) is 4.05. The van der Waals surface area contributed by atoms with Crippen molar-refractivity contribution >= 4 is 6.09 Å². The number of hydrogen-bond acceptors (Lipinski definition) is 4. The van der Waals surface area contributed by atoms with E-state index in [0.717, 1.165) is 26.0 Å². The molecule has 2 N–H and O–H groups in total. The minimum atomic E-state index is -0.428. The molecule has 0 aromatic rings. The molecule has 0 aromatic heterocycles. The maximum atomic E-state index is 11.6. The summed E-state index contributed by atoms with van der Waals surface area (Å²) >= 11 is 0. The van der Waals surface area contributed by atoms with Gasteiger partial charge in [0.2, 0.25) is 0 Å². The fourth-order valence-corrected chi connectivity index (χ4v) is 2.92. The summed E-state index contributed by atoms with van der Waals surface area (Å²) in [6, 6.07) is 0.741. The number of ether oxygens (including phenoxy) is 2. The standard InChI is InChI=1S/C16H30N2O3/c1-16(2,3)21-15(19)18-13-10-12(11-13)17-8-9-20-14-6-4-5-7-14/h12-14,17H,4-11H2,1-3H3,(H,18,19). The zero-order valence-electron chi connectivity index (χ0n) is 13.6. The van der Waals surface area contributed by atoms with Crippen LogP contribution in [0, 0.1) is 0 Å². The van der Waals surface area contributed by atoms with E-state index in [4.69, 9.17) is 9.47 Å². The summed E-state index contributed by atoms with van der Waals surface area (Å²) in [5.41, 5.74) is -0.428. The smallest absolute Gasteiger partial charge is 0.407 e. The predicted octanol–water partition coefficient (Wildman–Crippen LogP) is 2.59. The van der Waals surface area contributed by atoms with Crippen LogP contribution >= 0.6 is 0 Å². The third kappa shape index (κ3) is 6.22. The van der Waals surface area contributed by atoms with Gasteiger partial charge in [0.25, 0.3) is 0 Å². The van der Waals surface area contributed by atoms with Crippen molar-refractivity contribution in [2.75, 3.05) is 13.2 Å². The molecule has 0 atom stereocenters. The molecule has 2 saturated carbocycles. The highest BCUT2D eigenvalue weighted by molar-refractivity contribution is 5.68. The SMILES string of the molecule is CC(C)(C)OC(=O)NC1CC(NCCOC2CCCC2)C1. The highest BCUT2D eigenvalue weighted by atomic mass is 16.6. The monoisotopic (exact) mass is 298 g/mol. The van der Waals surface area contributed by atoms with Gasteiger partial charge in [0, 0.05) is 18.6 Å². The van der Waals surface area contributed by atoms with Gasteiger partial charge in [-0.25, -0.2) is 4.79 Å². The van der Waals surface area contributed by atoms with Gasteiger partial charge < -0.3 is 20.1 Å². The number of nitrogens with one attached hydrogen (secondary N) is 2. The third-order valence-corrected chi connectivity index (χ3v) is 4.05. The molecule has 2 aliphatic carbocycles. The second kappa shape index (κ2) is 7.45. The van der Waals surface area contributed by atoms with Crippen LogP contribution in [-0.4, -0.2) is 43.0 Å². The zero-order valence-corrected chi connectivity index (χ0v) is 13.6. The Morgan fingerprint density at radius 1 is 1.14 bits per heavy atom. The highest BCUT2D eigenvalue weighted by Crippen LogP contribution is 2.22. The molecule has 2 aliphatic rings. The van der Waals surface area contributed by atoms with Gasteiger partial charge >= 0.3 is 6.09 Å². The van der Waals surface area contributed by atoms with Crippen LogP contribution in [0.25, 0.3) is 0 Å². The van der Waals surface area contributed by atoms with E-state index in [2.05, 4.69) is 10.6 Å². The van der Waals surface area contributed by atoms with Gasteiger partial charge in [0.05, 0.1) is 12.7 Å². The Labute approximate surface area is 128 Å². The summed E-state index contributed by atoms with van der Waals surface area (Å²) in [7, 11) is 0. The first-order valence-corrected chi connectivity index (χ1v) is 8.27. The van der Waals surface area contributed by atoms with E-state index in [9.17, 15) is 4.79 Å². The Balaban J connectivity index is 1.46. The van der Waals surface area contributed by atoms with Crippen molar-refractivity contribution in [2.45, 2.75) is 83.1 Å². The lowest BCUT2D eigenvalue weighted by Gasteiger charge is -2.36. The molecule has 0 aliphatic heterocycles. The predicted molar refractivity (Wildman–Crippen MR) is 82.4 cm³/mol. The second-order valence-electron chi connectivity index (χ2n) is 7.24. The average Bonchev–Trinajstić information content (AvgIpc) is 2.81. The zero-order chi connectivity index (χ0) is 15.3. The molecule has 0 saturated heterocycles. The summed E-state index contributed by atoms with van der Waals surface area (Å²) in [4.78, 5) is 11.6. The number of alkyl carbamates (subject to hydrolysis) is 1. The van der Waals surface area contributed by atoms with Crippen molar-refractivity contribution in [3.8, 4) is 0 Å². The number of carbonyl (C=O) groups excluding carboxylic acids is 1. The van der Waals surface area contributed by atoms with Crippen molar-refractivity contribution in [1.29, 1.82) is 0 Å². The van der Waals surface area contributed by atoms with Crippen molar-refractivity contribution < 1.29 is 14.3 Å². The normalized spacial score (nSPS) is 26.4. The fourth-order valence-electron chi connectivity index (χ4n) is 2.92. The highest BCUT2D eigenvalue weighted by Gasteiger charge is 2.31. The summed E-state index contributed by atoms with van der Waals surface area (Å²) < 4.78 is 11.1. The van der Waals surface area contributed by atoms with Crippen molar-refractivity contribution in [2.24, 2.45) is 0 Å². The van der Waals surface area contributed by atoms with E-state index in [1.165, 1.54) is 25.7 Å². The van der Waals surface area contributed by atoms with Crippen LogP contribution in [0.1, 0.15) is 59.3 Å². The molecule has 21 heavy (non-hydrogen) atoms. The molecule has 0 heterocycles. The maximum absolute atomic E-state index is 11.6. The average molecular weight is 298 g/mol. The molecule has 2 rings (SSSR count). The number of carbonyl (C=O) groups is 1. The van der Waals surface area contributed by atoms with Crippen LogP contribution in [0.15, 0.2) is 0 Å². The first kappa shape index (κ1) is 16.6. The van der Waals surface area contributed by atoms with Gasteiger partial charge in [-0.3, -0.25) is 0 Å². The molecule has 5 heteroatoms. The minimum Gasteiger partial charge on any atom is -0.444 e. The van der Waals surface area contributed by atoms with E-state index in [0.29, 0.717) is 12.1 Å². The van der Waals surface area contributed by atoms with Gasteiger partial charge in [-0.15, -0.1) is 0 Å². The van der Waals surface area contributed by atoms with Gasteiger partial charge in [0.1, 0.15) is 5.60 Å². The Hall–Kier alpha value is -0.810. The van der Waals surface area contributed by atoms with Crippen molar-refractivity contribution in [3.63, 3.8) is 0 Å². The molecule has 0 aromatic carbocycles. The maximum Gasteiger partial charge on any atom is 0.407 e. The molecule has 0 radical (unpaired) electrons. The largest absolute Gasteiger partial charge is 0.444 e. The first-order valence-electron chi connectivity index (χ1n) is 8.27. The van der Waals surface area contributed by atoms with Gasteiger partial charge in [0.15, 0.2) is 0 Å². The molecule has 0 bridgehead atoms. The van der Waals surface area contributed by atoms with Crippen molar-refractivity contribution in [1.82, 2.24) is 10.6 Å². The van der Waals surface area contributed by atoms with Crippen LogP contribution in [0.5, 0.6) is 0 Å². The van der Waals surface area contributed by atoms with Crippen LogP contribution < -0.4 is 10.6 Å². The molecule has 5 nitrogen and oxygen atoms in total. The molecule has 0 spiro atoms. The molecule has 122 valence electrons. The lowest BCUT2D eigenvalue weighted by Crippen LogP contribution is -2.53. The number of hydrogen-bond donors (Lipinski definition) is 2. The molecular formula is C16H30N2O3. The fraction of sp³-hybridized carbons (Fsp3) is 0.938. The van der Waals surface area contributed by atoms with Crippen LogP contribution in [-0.2, 0) is 9.47 Å². The topological polar surface area (TPSA) is 59.6 Å². The van der Waals surface area contributed by atoms with E-state index < -0.39 is 5.60 Å². The summed E-state index contributed by atoms with van der Waals surface area (Å²) in [6.07, 6.45) is 7.23. The summed E-state index contributed by atoms with van der Waals surface area (Å²) in [5, 5.41) is 6.38. The molecule has 0 unspecified atom stereocenters. The lowest BCUT2D eigenvalue weighted by atomic mass is 9.87.